The van der Waals surface area contributed by atoms with Crippen molar-refractivity contribution in [1.29, 1.82) is 0 Å². The number of amides is 1. The normalized spacial score (nSPS) is 14.4. The molecule has 1 aliphatic heterocycles. The lowest BCUT2D eigenvalue weighted by Gasteiger charge is -2.09. The van der Waals surface area contributed by atoms with Crippen molar-refractivity contribution in [3.8, 4) is 0 Å². The van der Waals surface area contributed by atoms with E-state index in [0.29, 0.717) is 6.42 Å². The van der Waals surface area contributed by atoms with Crippen molar-refractivity contribution in [2.75, 3.05) is 0 Å². The molecule has 5 nitrogen and oxygen atoms in total. The fraction of sp³-hybridized carbons (Fsp3) is 0.526. The van der Waals surface area contributed by atoms with Gasteiger partial charge in [-0.05, 0) is 31.4 Å². The molecule has 2 aromatic heterocycles. The Kier molecular flexibility index (Phi) is 6.79. The van der Waals surface area contributed by atoms with Crippen molar-refractivity contribution in [2.24, 2.45) is 5.10 Å². The molecule has 0 saturated carbocycles. The van der Waals surface area contributed by atoms with Gasteiger partial charge in [0.2, 0.25) is 5.91 Å². The predicted molar refractivity (Wildman–Crippen MR) is 102 cm³/mol. The van der Waals surface area contributed by atoms with E-state index in [-0.39, 0.29) is 5.91 Å². The summed E-state index contributed by atoms with van der Waals surface area (Å²) in [4.78, 5) is 17.8. The lowest BCUT2D eigenvalue weighted by Crippen LogP contribution is -2.25. The predicted octanol–water partition coefficient (Wildman–Crippen LogP) is 4.14. The van der Waals surface area contributed by atoms with Crippen molar-refractivity contribution in [2.45, 2.75) is 64.3 Å². The first-order valence-corrected chi connectivity index (χ1v) is 10.0. The average molecular weight is 359 g/mol. The number of unbranched alkanes of at least 4 members (excludes halogenated alkanes) is 5. The summed E-state index contributed by atoms with van der Waals surface area (Å²) in [5.74, 6) is 0.0190. The topological polar surface area (TPSA) is 59.3 Å². The highest BCUT2D eigenvalue weighted by Crippen LogP contribution is 2.22. The van der Waals surface area contributed by atoms with Gasteiger partial charge in [-0.2, -0.15) is 5.10 Å². The lowest BCUT2D eigenvalue weighted by molar-refractivity contribution is -0.121. The van der Waals surface area contributed by atoms with Gasteiger partial charge >= 0.3 is 0 Å². The Bertz CT molecular complexity index is 690. The van der Waals surface area contributed by atoms with Gasteiger partial charge in [0.1, 0.15) is 0 Å². The molecule has 134 valence electrons. The number of hydrogen-bond donors (Lipinski definition) is 1. The zero-order chi connectivity index (χ0) is 17.3. The van der Waals surface area contributed by atoms with Crippen LogP contribution < -0.4 is 5.43 Å². The highest BCUT2D eigenvalue weighted by molar-refractivity contribution is 7.14. The molecule has 3 rings (SSSR count). The number of rotatable bonds is 10. The monoisotopic (exact) mass is 358 g/mol. The van der Waals surface area contributed by atoms with Crippen LogP contribution >= 0.6 is 11.3 Å². The van der Waals surface area contributed by atoms with Crippen molar-refractivity contribution in [3.05, 3.63) is 40.6 Å². The molecule has 6 heteroatoms. The van der Waals surface area contributed by atoms with Gasteiger partial charge in [0.25, 0.3) is 0 Å². The Hall–Kier alpha value is -1.95. The summed E-state index contributed by atoms with van der Waals surface area (Å²) in [6.07, 6.45) is 16.0. The Morgan fingerprint density at radius 2 is 1.92 bits per heavy atom. The Labute approximate surface area is 153 Å². The SMILES string of the molecule is O=C1CCC(c2ccc(CCCCCCCCn3ccnc3)s2)=NN1. The third-order valence-corrected chi connectivity index (χ3v) is 5.69. The Balaban J connectivity index is 1.26. The molecular formula is C19H26N4OS. The van der Waals surface area contributed by atoms with Crippen molar-refractivity contribution in [1.82, 2.24) is 15.0 Å². The zero-order valence-electron chi connectivity index (χ0n) is 14.6. The maximum absolute atomic E-state index is 11.2. The number of hydrazone groups is 1. The van der Waals surface area contributed by atoms with Crippen LogP contribution in [0.15, 0.2) is 36.0 Å². The molecule has 0 aromatic carbocycles. The van der Waals surface area contributed by atoms with E-state index in [9.17, 15) is 4.79 Å². The molecule has 25 heavy (non-hydrogen) atoms. The van der Waals surface area contributed by atoms with Gasteiger partial charge in [-0.15, -0.1) is 11.3 Å². The molecule has 1 N–H and O–H groups in total. The third kappa shape index (κ3) is 5.81. The number of carbonyl (C=O) groups is 1. The summed E-state index contributed by atoms with van der Waals surface area (Å²) in [6, 6.07) is 4.36. The van der Waals surface area contributed by atoms with E-state index in [1.165, 1.54) is 48.3 Å². The summed E-state index contributed by atoms with van der Waals surface area (Å²) < 4.78 is 2.15. The lowest BCUT2D eigenvalue weighted by atomic mass is 10.1. The second-order valence-corrected chi connectivity index (χ2v) is 7.70. The summed E-state index contributed by atoms with van der Waals surface area (Å²) in [5.41, 5.74) is 3.60. The quantitative estimate of drug-likeness (QED) is 0.649. The molecule has 3 heterocycles. The molecule has 0 unspecified atom stereocenters. The second-order valence-electron chi connectivity index (χ2n) is 6.53. The minimum Gasteiger partial charge on any atom is -0.337 e. The first-order valence-electron chi connectivity index (χ1n) is 9.21. The summed E-state index contributed by atoms with van der Waals surface area (Å²) in [7, 11) is 0. The maximum Gasteiger partial charge on any atom is 0.240 e. The van der Waals surface area contributed by atoms with E-state index in [0.717, 1.165) is 25.1 Å². The fourth-order valence-electron chi connectivity index (χ4n) is 3.04. The molecule has 0 spiro atoms. The third-order valence-electron chi connectivity index (χ3n) is 4.50. The maximum atomic E-state index is 11.2. The van der Waals surface area contributed by atoms with E-state index in [1.54, 1.807) is 0 Å². The van der Waals surface area contributed by atoms with E-state index >= 15 is 0 Å². The van der Waals surface area contributed by atoms with Crippen LogP contribution in [0.3, 0.4) is 0 Å². The van der Waals surface area contributed by atoms with Crippen LogP contribution in [0.1, 0.15) is 61.1 Å². The first kappa shape index (κ1) is 17.9. The minimum atomic E-state index is 0.0190. The number of hydrogen-bond acceptors (Lipinski definition) is 4. The van der Waals surface area contributed by atoms with Gasteiger partial charge in [0.05, 0.1) is 16.9 Å². The van der Waals surface area contributed by atoms with Crippen LogP contribution in [0.5, 0.6) is 0 Å². The van der Waals surface area contributed by atoms with Crippen LogP contribution in [-0.4, -0.2) is 21.2 Å². The van der Waals surface area contributed by atoms with Gasteiger partial charge in [0.15, 0.2) is 0 Å². The van der Waals surface area contributed by atoms with Gasteiger partial charge in [-0.1, -0.05) is 25.7 Å². The Morgan fingerprint density at radius 1 is 1.08 bits per heavy atom. The molecule has 1 amide bonds. The first-order chi connectivity index (χ1) is 12.3. The van der Waals surface area contributed by atoms with Crippen LogP contribution in [0, 0.1) is 0 Å². The van der Waals surface area contributed by atoms with Gasteiger partial charge in [0, 0.05) is 36.7 Å². The highest BCUT2D eigenvalue weighted by atomic mass is 32.1. The van der Waals surface area contributed by atoms with Crippen LogP contribution in [0.4, 0.5) is 0 Å². The van der Waals surface area contributed by atoms with E-state index in [4.69, 9.17) is 0 Å². The average Bonchev–Trinajstić information content (AvgIpc) is 3.30. The molecule has 0 radical (unpaired) electrons. The van der Waals surface area contributed by atoms with E-state index in [1.807, 2.05) is 30.1 Å². The van der Waals surface area contributed by atoms with Gasteiger partial charge in [-0.3, -0.25) is 4.79 Å². The number of carbonyl (C=O) groups excluding carboxylic acids is 1. The molecular weight excluding hydrogens is 332 g/mol. The number of aromatic nitrogens is 2. The van der Waals surface area contributed by atoms with Crippen molar-refractivity contribution >= 4 is 23.0 Å². The molecule has 0 atom stereocenters. The van der Waals surface area contributed by atoms with Crippen LogP contribution in [-0.2, 0) is 17.8 Å². The molecule has 2 aromatic rings. The van der Waals surface area contributed by atoms with Crippen molar-refractivity contribution < 1.29 is 4.79 Å². The summed E-state index contributed by atoms with van der Waals surface area (Å²) in [5, 5.41) is 4.17. The molecule has 1 aliphatic rings. The second kappa shape index (κ2) is 9.51. The number of aryl methyl sites for hydroxylation is 2. The van der Waals surface area contributed by atoms with Crippen LogP contribution in [0.25, 0.3) is 0 Å². The van der Waals surface area contributed by atoms with Crippen LogP contribution in [0.2, 0.25) is 0 Å². The summed E-state index contributed by atoms with van der Waals surface area (Å²) >= 11 is 1.82. The molecule has 0 fully saturated rings. The smallest absolute Gasteiger partial charge is 0.240 e. The van der Waals surface area contributed by atoms with Gasteiger partial charge < -0.3 is 4.57 Å². The summed E-state index contributed by atoms with van der Waals surface area (Å²) in [6.45, 7) is 1.09. The Morgan fingerprint density at radius 3 is 2.68 bits per heavy atom. The van der Waals surface area contributed by atoms with Gasteiger partial charge in [-0.25, -0.2) is 10.4 Å². The van der Waals surface area contributed by atoms with E-state index < -0.39 is 0 Å². The van der Waals surface area contributed by atoms with Crippen molar-refractivity contribution in [3.63, 3.8) is 0 Å². The number of nitrogens with zero attached hydrogens (tertiary/aromatic N) is 3. The molecule has 0 saturated heterocycles. The molecule has 0 bridgehead atoms. The standard InChI is InChI=1S/C19H26N4OS/c24-19-11-9-17(21-22-19)18-10-8-16(25-18)7-5-3-1-2-4-6-13-23-14-12-20-15-23/h8,10,12,14-15H,1-7,9,11,13H2,(H,22,24). The number of nitrogens with one attached hydrogen (secondary N) is 1. The zero-order valence-corrected chi connectivity index (χ0v) is 15.4. The van der Waals surface area contributed by atoms with E-state index in [2.05, 4.69) is 32.2 Å². The molecule has 0 aliphatic carbocycles. The minimum absolute atomic E-state index is 0.0190. The fourth-order valence-corrected chi connectivity index (χ4v) is 4.11. The largest absolute Gasteiger partial charge is 0.337 e. The number of imidazole rings is 1. The highest BCUT2D eigenvalue weighted by Gasteiger charge is 2.14. The number of thiophene rings is 1.